The maximum Gasteiger partial charge on any atom is 0.0709 e. The second-order valence-electron chi connectivity index (χ2n) is 13.8. The highest BCUT2D eigenvalue weighted by Gasteiger charge is 2.55. The Kier molecular flexibility index (Phi) is 7.47. The van der Waals surface area contributed by atoms with E-state index in [1.807, 2.05) is 61.4 Å². The van der Waals surface area contributed by atoms with Gasteiger partial charge in [0, 0.05) is 71.3 Å². The van der Waals surface area contributed by atoms with Gasteiger partial charge < -0.3 is 0 Å². The summed E-state index contributed by atoms with van der Waals surface area (Å²) in [5.41, 5.74) is 15.7. The lowest BCUT2D eigenvalue weighted by atomic mass is 9.60. The van der Waals surface area contributed by atoms with Crippen LogP contribution < -0.4 is 0 Å². The van der Waals surface area contributed by atoms with Crippen molar-refractivity contribution in [2.45, 2.75) is 17.3 Å². The monoisotopic (exact) mass is 678 g/mol. The van der Waals surface area contributed by atoms with Crippen LogP contribution in [-0.2, 0) is 5.41 Å². The molecule has 2 unspecified atom stereocenters. The van der Waals surface area contributed by atoms with Crippen LogP contribution in [-0.4, -0.2) is 19.9 Å². The molecule has 0 bridgehead atoms. The average molecular weight is 679 g/mol. The minimum absolute atomic E-state index is 0.111. The van der Waals surface area contributed by atoms with E-state index in [0.29, 0.717) is 0 Å². The SMILES string of the molecule is C1=CC2c3ccc(-c4cnccc4-c4ccccn4)cc3C(c3ccccc3)(c3ccccc3)C2c2ccc(-c3cnccc3-c3ccccn3)cc21. The van der Waals surface area contributed by atoms with Gasteiger partial charge in [-0.05, 0) is 93.0 Å². The van der Waals surface area contributed by atoms with E-state index in [1.165, 1.54) is 33.4 Å². The van der Waals surface area contributed by atoms with Crippen LogP contribution in [0.5, 0.6) is 0 Å². The minimum Gasteiger partial charge on any atom is -0.264 e. The third-order valence-electron chi connectivity index (χ3n) is 11.2. The van der Waals surface area contributed by atoms with Crippen LogP contribution in [0, 0.1) is 0 Å². The zero-order chi connectivity index (χ0) is 35.2. The number of nitrogens with zero attached hydrogens (tertiary/aromatic N) is 4. The summed E-state index contributed by atoms with van der Waals surface area (Å²) in [6.07, 6.45) is 16.1. The molecular formula is C49H34N4. The summed E-state index contributed by atoms with van der Waals surface area (Å²) in [5, 5.41) is 0. The van der Waals surface area contributed by atoms with E-state index in [0.717, 1.165) is 44.8 Å². The Morgan fingerprint density at radius 2 is 1.00 bits per heavy atom. The van der Waals surface area contributed by atoms with Crippen molar-refractivity contribution in [3.05, 3.63) is 222 Å². The van der Waals surface area contributed by atoms with Crippen LogP contribution in [0.4, 0.5) is 0 Å². The largest absolute Gasteiger partial charge is 0.264 e. The summed E-state index contributed by atoms with van der Waals surface area (Å²) < 4.78 is 0. The number of fused-ring (bicyclic) bond motifs is 5. The quantitative estimate of drug-likeness (QED) is 0.176. The smallest absolute Gasteiger partial charge is 0.0709 e. The Morgan fingerprint density at radius 1 is 0.453 bits per heavy atom. The molecule has 10 rings (SSSR count). The molecule has 2 aliphatic carbocycles. The predicted molar refractivity (Wildman–Crippen MR) is 213 cm³/mol. The van der Waals surface area contributed by atoms with Gasteiger partial charge in [0.15, 0.2) is 0 Å². The first kappa shape index (κ1) is 31.0. The first-order valence-electron chi connectivity index (χ1n) is 18.1. The van der Waals surface area contributed by atoms with Crippen molar-refractivity contribution in [2.75, 3.05) is 0 Å². The summed E-state index contributed by atoms with van der Waals surface area (Å²) in [6.45, 7) is 0. The van der Waals surface area contributed by atoms with Gasteiger partial charge in [-0.2, -0.15) is 0 Å². The standard InChI is InChI=1S/C49H34N4/c1-3-11-36(12-4-1)49(37-13-5-2-6-14-37)45-30-35(44-32-51-28-24-41(44)47-16-8-10-26-53-47)18-21-39(45)42-22-19-33-29-34(17-20-38(33)48(42)49)43-31-50-27-23-40(43)46-15-7-9-25-52-46/h1-32,42,48H. The van der Waals surface area contributed by atoms with Crippen LogP contribution in [0.1, 0.15) is 45.2 Å². The van der Waals surface area contributed by atoms with Crippen LogP contribution in [0.3, 0.4) is 0 Å². The molecule has 2 atom stereocenters. The molecule has 4 nitrogen and oxygen atoms in total. The Labute approximate surface area is 309 Å². The maximum atomic E-state index is 4.72. The zero-order valence-corrected chi connectivity index (χ0v) is 28.9. The van der Waals surface area contributed by atoms with Gasteiger partial charge in [0.1, 0.15) is 0 Å². The van der Waals surface area contributed by atoms with Crippen LogP contribution >= 0.6 is 0 Å². The van der Waals surface area contributed by atoms with Crippen LogP contribution in [0.15, 0.2) is 189 Å². The van der Waals surface area contributed by atoms with Crippen molar-refractivity contribution < 1.29 is 0 Å². The van der Waals surface area contributed by atoms with Gasteiger partial charge in [0.25, 0.3) is 0 Å². The fraction of sp³-hybridized carbons (Fsp3) is 0.0612. The molecule has 0 fully saturated rings. The molecule has 0 N–H and O–H groups in total. The second kappa shape index (κ2) is 12.8. The van der Waals surface area contributed by atoms with E-state index in [9.17, 15) is 0 Å². The van der Waals surface area contributed by atoms with Crippen molar-refractivity contribution in [1.82, 2.24) is 19.9 Å². The van der Waals surface area contributed by atoms with Gasteiger partial charge in [-0.15, -0.1) is 0 Å². The molecule has 250 valence electrons. The fourth-order valence-corrected chi connectivity index (χ4v) is 8.97. The molecule has 0 saturated heterocycles. The Hall–Kier alpha value is -6.78. The van der Waals surface area contributed by atoms with Crippen molar-refractivity contribution in [1.29, 1.82) is 0 Å². The highest BCUT2D eigenvalue weighted by molar-refractivity contribution is 5.85. The number of benzene rings is 4. The van der Waals surface area contributed by atoms with Crippen molar-refractivity contribution in [2.24, 2.45) is 0 Å². The number of hydrogen-bond acceptors (Lipinski definition) is 4. The molecule has 4 heterocycles. The minimum atomic E-state index is -0.472. The van der Waals surface area contributed by atoms with E-state index in [1.54, 1.807) is 0 Å². The maximum absolute atomic E-state index is 4.72. The van der Waals surface area contributed by atoms with Gasteiger partial charge in [-0.1, -0.05) is 109 Å². The summed E-state index contributed by atoms with van der Waals surface area (Å²) in [4.78, 5) is 18.6. The lowest BCUT2D eigenvalue weighted by Gasteiger charge is -2.41. The highest BCUT2D eigenvalue weighted by Crippen LogP contribution is 2.64. The van der Waals surface area contributed by atoms with E-state index >= 15 is 0 Å². The fourth-order valence-electron chi connectivity index (χ4n) is 8.97. The number of hydrogen-bond donors (Lipinski definition) is 0. The third-order valence-corrected chi connectivity index (χ3v) is 11.2. The number of allylic oxidation sites excluding steroid dienone is 1. The van der Waals surface area contributed by atoms with Crippen molar-refractivity contribution >= 4 is 6.08 Å². The first-order chi connectivity index (χ1) is 26.3. The van der Waals surface area contributed by atoms with E-state index < -0.39 is 5.41 Å². The highest BCUT2D eigenvalue weighted by atomic mass is 14.7. The molecule has 0 radical (unpaired) electrons. The number of rotatable bonds is 6. The molecule has 4 heteroatoms. The van der Waals surface area contributed by atoms with Crippen molar-refractivity contribution in [3.63, 3.8) is 0 Å². The molecule has 0 spiro atoms. The summed E-state index contributed by atoms with van der Waals surface area (Å²) in [6, 6.07) is 52.6. The molecule has 4 aromatic heterocycles. The molecule has 2 aliphatic rings. The van der Waals surface area contributed by atoms with Gasteiger partial charge in [-0.25, -0.2) is 0 Å². The van der Waals surface area contributed by atoms with Gasteiger partial charge in [0.05, 0.1) is 16.8 Å². The number of aromatic nitrogens is 4. The Morgan fingerprint density at radius 3 is 1.57 bits per heavy atom. The summed E-state index contributed by atoms with van der Waals surface area (Å²) in [7, 11) is 0. The number of pyridine rings is 4. The van der Waals surface area contributed by atoms with Crippen LogP contribution in [0.2, 0.25) is 0 Å². The average Bonchev–Trinajstić information content (AvgIpc) is 3.55. The molecular weight excluding hydrogens is 645 g/mol. The lowest BCUT2D eigenvalue weighted by molar-refractivity contribution is 0.489. The Bertz CT molecular complexity index is 2580. The van der Waals surface area contributed by atoms with Gasteiger partial charge >= 0.3 is 0 Å². The molecule has 0 aliphatic heterocycles. The molecule has 53 heavy (non-hydrogen) atoms. The topological polar surface area (TPSA) is 51.6 Å². The molecule has 4 aromatic carbocycles. The second-order valence-corrected chi connectivity index (χ2v) is 13.8. The van der Waals surface area contributed by atoms with Gasteiger partial charge in [-0.3, -0.25) is 19.9 Å². The first-order valence-corrected chi connectivity index (χ1v) is 18.1. The lowest BCUT2D eigenvalue weighted by Crippen LogP contribution is -2.35. The van der Waals surface area contributed by atoms with E-state index in [4.69, 9.17) is 4.98 Å². The van der Waals surface area contributed by atoms with E-state index in [-0.39, 0.29) is 11.8 Å². The van der Waals surface area contributed by atoms with Crippen molar-refractivity contribution in [3.8, 4) is 44.8 Å². The molecule has 0 amide bonds. The van der Waals surface area contributed by atoms with Crippen LogP contribution in [0.25, 0.3) is 50.8 Å². The normalized spacial score (nSPS) is 16.4. The van der Waals surface area contributed by atoms with Gasteiger partial charge in [0.2, 0.25) is 0 Å². The zero-order valence-electron chi connectivity index (χ0n) is 28.9. The predicted octanol–water partition coefficient (Wildman–Crippen LogP) is 11.2. The third kappa shape index (κ3) is 4.98. The van der Waals surface area contributed by atoms with E-state index in [2.05, 4.69) is 148 Å². The summed E-state index contributed by atoms with van der Waals surface area (Å²) in [5.74, 6) is 0.282. The summed E-state index contributed by atoms with van der Waals surface area (Å²) >= 11 is 0. The molecule has 8 aromatic rings. The molecule has 0 saturated carbocycles. The Balaban J connectivity index is 1.20.